The van der Waals surface area contributed by atoms with Crippen LogP contribution in [0.4, 0.5) is 0 Å². The van der Waals surface area contributed by atoms with Crippen LogP contribution in [0.3, 0.4) is 0 Å². The molecule has 4 nitrogen and oxygen atoms in total. The molecule has 0 aliphatic carbocycles. The van der Waals surface area contributed by atoms with Crippen molar-refractivity contribution in [2.45, 2.75) is 65.9 Å². The van der Waals surface area contributed by atoms with E-state index in [1.165, 1.54) is 16.7 Å². The zero-order valence-corrected chi connectivity index (χ0v) is 27.0. The van der Waals surface area contributed by atoms with Gasteiger partial charge in [-0.25, -0.2) is 0 Å². The van der Waals surface area contributed by atoms with Crippen LogP contribution in [0.15, 0.2) is 133 Å². The largest absolute Gasteiger partial charge is 0.489 e. The van der Waals surface area contributed by atoms with Crippen molar-refractivity contribution >= 4 is 0 Å². The Morgan fingerprint density at radius 1 is 0.489 bits per heavy atom. The second-order valence-corrected chi connectivity index (χ2v) is 10.9. The van der Waals surface area contributed by atoms with Crippen LogP contribution < -0.4 is 19.5 Å². The molecule has 0 saturated heterocycles. The van der Waals surface area contributed by atoms with Crippen LogP contribution in [-0.2, 0) is 32.7 Å². The third-order valence-corrected chi connectivity index (χ3v) is 7.43. The minimum Gasteiger partial charge on any atom is -0.489 e. The van der Waals surface area contributed by atoms with Crippen molar-refractivity contribution in [3.8, 4) is 17.2 Å². The van der Waals surface area contributed by atoms with Gasteiger partial charge in [-0.2, -0.15) is 0 Å². The number of hydrogen-bond acceptors (Lipinski definition) is 4. The van der Waals surface area contributed by atoms with Gasteiger partial charge in [0.2, 0.25) is 0 Å². The Kier molecular flexibility index (Phi) is 14.1. The number of rotatable bonds is 16. The molecule has 5 aromatic rings. The Hall–Kier alpha value is -4.54. The maximum absolute atomic E-state index is 6.26. The minimum atomic E-state index is 0.413. The van der Waals surface area contributed by atoms with E-state index in [2.05, 4.69) is 85.0 Å². The highest BCUT2D eigenvalue weighted by molar-refractivity contribution is 5.43. The van der Waals surface area contributed by atoms with Gasteiger partial charge in [0.25, 0.3) is 0 Å². The second kappa shape index (κ2) is 19.0. The minimum absolute atomic E-state index is 0.413. The van der Waals surface area contributed by atoms with E-state index < -0.39 is 0 Å². The highest BCUT2D eigenvalue weighted by Crippen LogP contribution is 2.30. The lowest BCUT2D eigenvalue weighted by Gasteiger charge is -2.16. The lowest BCUT2D eigenvalue weighted by atomic mass is 10.1. The van der Waals surface area contributed by atoms with E-state index in [0.717, 1.165) is 54.2 Å². The molecule has 1 N–H and O–H groups in total. The van der Waals surface area contributed by atoms with Crippen molar-refractivity contribution in [3.05, 3.63) is 161 Å². The molecule has 0 aliphatic heterocycles. The van der Waals surface area contributed by atoms with Crippen LogP contribution in [0.5, 0.6) is 17.2 Å². The highest BCUT2D eigenvalue weighted by Gasteiger charge is 2.10. The van der Waals surface area contributed by atoms with Gasteiger partial charge >= 0.3 is 0 Å². The first-order valence-electron chi connectivity index (χ1n) is 16.2. The Morgan fingerprint density at radius 2 is 0.978 bits per heavy atom. The van der Waals surface area contributed by atoms with Crippen molar-refractivity contribution in [2.24, 2.45) is 0 Å². The molecule has 5 rings (SSSR count). The Morgan fingerprint density at radius 3 is 1.53 bits per heavy atom. The van der Waals surface area contributed by atoms with Crippen LogP contribution >= 0.6 is 0 Å². The van der Waals surface area contributed by atoms with Crippen LogP contribution in [-0.4, -0.2) is 12.6 Å². The van der Waals surface area contributed by atoms with Gasteiger partial charge in [-0.1, -0.05) is 123 Å². The van der Waals surface area contributed by atoms with Gasteiger partial charge in [0, 0.05) is 6.04 Å². The second-order valence-electron chi connectivity index (χ2n) is 10.9. The third-order valence-electron chi connectivity index (χ3n) is 7.43. The van der Waals surface area contributed by atoms with Gasteiger partial charge in [-0.05, 0) is 84.8 Å². The predicted molar refractivity (Wildman–Crippen MR) is 186 cm³/mol. The van der Waals surface area contributed by atoms with E-state index in [9.17, 15) is 0 Å². The molecule has 4 heteroatoms. The van der Waals surface area contributed by atoms with Gasteiger partial charge in [0.15, 0.2) is 11.5 Å². The topological polar surface area (TPSA) is 39.7 Å². The molecule has 5 aromatic carbocycles. The molecule has 0 amide bonds. The van der Waals surface area contributed by atoms with Gasteiger partial charge in [0.1, 0.15) is 25.6 Å². The fourth-order valence-corrected chi connectivity index (χ4v) is 4.85. The van der Waals surface area contributed by atoms with Gasteiger partial charge in [-0.15, -0.1) is 0 Å². The van der Waals surface area contributed by atoms with Crippen molar-refractivity contribution in [1.29, 1.82) is 0 Å². The summed E-state index contributed by atoms with van der Waals surface area (Å²) >= 11 is 0. The average Bonchev–Trinajstić information content (AvgIpc) is 3.11. The first-order valence-corrected chi connectivity index (χ1v) is 16.2. The zero-order valence-electron chi connectivity index (χ0n) is 27.0. The molecule has 0 fully saturated rings. The van der Waals surface area contributed by atoms with E-state index in [1.807, 2.05) is 74.5 Å². The van der Waals surface area contributed by atoms with Gasteiger partial charge in [0.05, 0.1) is 0 Å². The van der Waals surface area contributed by atoms with E-state index in [-0.39, 0.29) is 0 Å². The number of aryl methyl sites for hydroxylation is 1. The predicted octanol–water partition coefficient (Wildman–Crippen LogP) is 9.60. The van der Waals surface area contributed by atoms with Crippen molar-refractivity contribution < 1.29 is 14.2 Å². The zero-order chi connectivity index (χ0) is 31.5. The molecule has 0 saturated carbocycles. The summed E-state index contributed by atoms with van der Waals surface area (Å²) in [5.41, 5.74) is 5.99. The Balaban J connectivity index is 0.00000226. The molecule has 0 bridgehead atoms. The van der Waals surface area contributed by atoms with Gasteiger partial charge in [-0.3, -0.25) is 0 Å². The van der Waals surface area contributed by atoms with Crippen molar-refractivity contribution in [1.82, 2.24) is 5.32 Å². The summed E-state index contributed by atoms with van der Waals surface area (Å²) in [4.78, 5) is 0. The molecular formula is C41H47NO3. The van der Waals surface area contributed by atoms with E-state index in [4.69, 9.17) is 14.2 Å². The standard InChI is InChI=1S/C39H41NO3.C2H6/c1-31(17-18-32-19-22-37(23-20-32)41-28-34-11-5-2-6-12-34)40-26-25-33-21-24-38(42-29-35-13-7-3-8-14-35)39(27-33)43-30-36-15-9-4-10-16-36;1-2/h2-16,19-24,27,31,40H,17-18,25-26,28-30H2,1H3;1-2H3. The summed E-state index contributed by atoms with van der Waals surface area (Å²) in [5, 5.41) is 3.69. The molecule has 0 spiro atoms. The molecule has 0 aromatic heterocycles. The number of nitrogens with one attached hydrogen (secondary N) is 1. The smallest absolute Gasteiger partial charge is 0.161 e. The fourth-order valence-electron chi connectivity index (χ4n) is 4.85. The van der Waals surface area contributed by atoms with Gasteiger partial charge < -0.3 is 19.5 Å². The van der Waals surface area contributed by atoms with Crippen LogP contribution in [0.1, 0.15) is 55.0 Å². The normalized spacial score (nSPS) is 11.2. The highest BCUT2D eigenvalue weighted by atomic mass is 16.5. The maximum atomic E-state index is 6.26. The van der Waals surface area contributed by atoms with Crippen LogP contribution in [0.2, 0.25) is 0 Å². The number of benzene rings is 5. The van der Waals surface area contributed by atoms with Crippen LogP contribution in [0.25, 0.3) is 0 Å². The Bertz CT molecular complexity index is 1490. The molecule has 1 atom stereocenters. The summed E-state index contributed by atoms with van der Waals surface area (Å²) in [6.45, 7) is 8.75. The van der Waals surface area contributed by atoms with Crippen LogP contribution in [0, 0.1) is 0 Å². The lowest BCUT2D eigenvalue weighted by molar-refractivity contribution is 0.255. The summed E-state index contributed by atoms with van der Waals surface area (Å²) < 4.78 is 18.4. The Labute approximate surface area is 270 Å². The molecular weight excluding hydrogens is 554 g/mol. The fraction of sp³-hybridized carbons (Fsp3) is 0.268. The summed E-state index contributed by atoms with van der Waals surface area (Å²) in [6, 6.07) is 45.9. The molecule has 1 unspecified atom stereocenters. The van der Waals surface area contributed by atoms with Crippen molar-refractivity contribution in [3.63, 3.8) is 0 Å². The first-order chi connectivity index (χ1) is 22.2. The SMILES string of the molecule is CC.CC(CCc1ccc(OCc2ccccc2)cc1)NCCc1ccc(OCc2ccccc2)c(OCc2ccccc2)c1. The average molecular weight is 602 g/mol. The molecule has 234 valence electrons. The summed E-state index contributed by atoms with van der Waals surface area (Å²) in [7, 11) is 0. The maximum Gasteiger partial charge on any atom is 0.161 e. The summed E-state index contributed by atoms with van der Waals surface area (Å²) in [6.07, 6.45) is 3.01. The lowest BCUT2D eigenvalue weighted by Crippen LogP contribution is -2.28. The summed E-state index contributed by atoms with van der Waals surface area (Å²) in [5.74, 6) is 2.45. The van der Waals surface area contributed by atoms with E-state index in [0.29, 0.717) is 25.9 Å². The third kappa shape index (κ3) is 11.8. The van der Waals surface area contributed by atoms with E-state index in [1.54, 1.807) is 0 Å². The first kappa shape index (κ1) is 33.4. The molecule has 0 radical (unpaired) electrons. The molecule has 0 aliphatic rings. The van der Waals surface area contributed by atoms with E-state index >= 15 is 0 Å². The number of ether oxygens (including phenoxy) is 3. The molecule has 45 heavy (non-hydrogen) atoms. The monoisotopic (exact) mass is 601 g/mol. The molecule has 0 heterocycles. The van der Waals surface area contributed by atoms with Crippen molar-refractivity contribution in [2.75, 3.05) is 6.54 Å². The quantitative estimate of drug-likeness (QED) is 0.122. The number of hydrogen-bond donors (Lipinski definition) is 1.